The predicted molar refractivity (Wildman–Crippen MR) is 67.8 cm³/mol. The molecule has 1 heterocycles. The minimum Gasteiger partial charge on any atom is -0.345 e. The topological polar surface area (TPSA) is 22.0 Å². The van der Waals surface area contributed by atoms with Crippen LogP contribution in [0.4, 0.5) is 0 Å². The molecule has 0 radical (unpaired) electrons. The quantitative estimate of drug-likeness (QED) is 0.455. The van der Waals surface area contributed by atoms with Crippen LogP contribution in [0.1, 0.15) is 62.4 Å². The molecule has 0 aromatic carbocycles. The third-order valence-corrected chi connectivity index (χ3v) is 2.99. The maximum absolute atomic E-state index is 10.7. The number of hydrogen-bond donors (Lipinski definition) is 0. The van der Waals surface area contributed by atoms with Crippen molar-refractivity contribution in [3.8, 4) is 0 Å². The number of carbonyl (C=O) groups excluding carboxylic acids is 1. The Labute approximate surface area is 98.7 Å². The van der Waals surface area contributed by atoms with Crippen molar-refractivity contribution < 1.29 is 4.79 Å². The monoisotopic (exact) mass is 221 g/mol. The standard InChI is InChI=1S/C14H23NO/c1-2-3-4-5-6-7-8-11-15-12-9-10-14(15)13-16/h9-10,12-13H,2-8,11H2,1H3. The Morgan fingerprint density at radius 2 is 1.81 bits per heavy atom. The van der Waals surface area contributed by atoms with Gasteiger partial charge in [-0.15, -0.1) is 0 Å². The number of aromatic nitrogens is 1. The molecule has 0 atom stereocenters. The lowest BCUT2D eigenvalue weighted by Gasteiger charge is -2.05. The van der Waals surface area contributed by atoms with Gasteiger partial charge in [0.2, 0.25) is 0 Å². The summed E-state index contributed by atoms with van der Waals surface area (Å²) in [5.41, 5.74) is 0.797. The largest absolute Gasteiger partial charge is 0.345 e. The van der Waals surface area contributed by atoms with E-state index in [0.29, 0.717) is 0 Å². The normalized spacial score (nSPS) is 10.6. The third kappa shape index (κ3) is 4.65. The number of nitrogens with zero attached hydrogens (tertiary/aromatic N) is 1. The first kappa shape index (κ1) is 13.0. The van der Waals surface area contributed by atoms with E-state index in [1.165, 1.54) is 44.9 Å². The van der Waals surface area contributed by atoms with E-state index in [9.17, 15) is 4.79 Å². The van der Waals surface area contributed by atoms with Crippen molar-refractivity contribution in [1.82, 2.24) is 4.57 Å². The maximum Gasteiger partial charge on any atom is 0.166 e. The first-order valence-corrected chi connectivity index (χ1v) is 6.48. The highest BCUT2D eigenvalue weighted by atomic mass is 16.1. The smallest absolute Gasteiger partial charge is 0.166 e. The fourth-order valence-electron chi connectivity index (χ4n) is 1.98. The molecular formula is C14H23NO. The number of rotatable bonds is 9. The number of aldehydes is 1. The van der Waals surface area contributed by atoms with E-state index in [2.05, 4.69) is 6.92 Å². The molecule has 0 saturated heterocycles. The van der Waals surface area contributed by atoms with Gasteiger partial charge >= 0.3 is 0 Å². The first-order valence-electron chi connectivity index (χ1n) is 6.48. The van der Waals surface area contributed by atoms with Crippen LogP contribution in [-0.2, 0) is 6.54 Å². The highest BCUT2D eigenvalue weighted by Crippen LogP contribution is 2.08. The molecule has 2 heteroatoms. The van der Waals surface area contributed by atoms with Crippen LogP contribution in [0.25, 0.3) is 0 Å². The lowest BCUT2D eigenvalue weighted by atomic mass is 10.1. The summed E-state index contributed by atoms with van der Waals surface area (Å²) >= 11 is 0. The molecule has 0 spiro atoms. The van der Waals surface area contributed by atoms with Crippen LogP contribution in [-0.4, -0.2) is 10.9 Å². The van der Waals surface area contributed by atoms with Crippen molar-refractivity contribution in [1.29, 1.82) is 0 Å². The zero-order valence-electron chi connectivity index (χ0n) is 10.3. The Morgan fingerprint density at radius 3 is 2.50 bits per heavy atom. The van der Waals surface area contributed by atoms with Crippen molar-refractivity contribution >= 4 is 6.29 Å². The van der Waals surface area contributed by atoms with E-state index in [1.54, 1.807) is 0 Å². The molecule has 90 valence electrons. The number of carbonyl (C=O) groups is 1. The van der Waals surface area contributed by atoms with Gasteiger partial charge in [-0.1, -0.05) is 45.4 Å². The molecule has 2 nitrogen and oxygen atoms in total. The van der Waals surface area contributed by atoms with Gasteiger partial charge < -0.3 is 4.57 Å². The van der Waals surface area contributed by atoms with Crippen molar-refractivity contribution in [3.05, 3.63) is 24.0 Å². The minimum absolute atomic E-state index is 0.797. The molecular weight excluding hydrogens is 198 g/mol. The van der Waals surface area contributed by atoms with E-state index < -0.39 is 0 Å². The van der Waals surface area contributed by atoms with Crippen molar-refractivity contribution in [2.75, 3.05) is 0 Å². The van der Waals surface area contributed by atoms with Gasteiger partial charge in [0, 0.05) is 12.7 Å². The minimum atomic E-state index is 0.797. The molecule has 0 N–H and O–H groups in total. The van der Waals surface area contributed by atoms with Crippen LogP contribution in [0.5, 0.6) is 0 Å². The van der Waals surface area contributed by atoms with Gasteiger partial charge in [0.1, 0.15) is 0 Å². The lowest BCUT2D eigenvalue weighted by Crippen LogP contribution is -2.00. The average Bonchev–Trinajstić information content (AvgIpc) is 2.75. The van der Waals surface area contributed by atoms with Gasteiger partial charge in [0.25, 0.3) is 0 Å². The number of unbranched alkanes of at least 4 members (excludes halogenated alkanes) is 6. The molecule has 16 heavy (non-hydrogen) atoms. The van der Waals surface area contributed by atoms with Crippen LogP contribution in [0, 0.1) is 0 Å². The molecule has 0 saturated carbocycles. The summed E-state index contributed by atoms with van der Waals surface area (Å²) in [4.78, 5) is 10.7. The first-order chi connectivity index (χ1) is 7.88. The van der Waals surface area contributed by atoms with Crippen molar-refractivity contribution in [3.63, 3.8) is 0 Å². The Bertz CT molecular complexity index is 291. The molecule has 1 aromatic rings. The summed E-state index contributed by atoms with van der Waals surface area (Å²) in [5, 5.41) is 0. The highest BCUT2D eigenvalue weighted by Gasteiger charge is 1.98. The number of aryl methyl sites for hydroxylation is 1. The van der Waals surface area contributed by atoms with Crippen LogP contribution in [0.2, 0.25) is 0 Å². The van der Waals surface area contributed by atoms with Crippen molar-refractivity contribution in [2.24, 2.45) is 0 Å². The van der Waals surface area contributed by atoms with E-state index >= 15 is 0 Å². The van der Waals surface area contributed by atoms with E-state index in [4.69, 9.17) is 0 Å². The highest BCUT2D eigenvalue weighted by molar-refractivity contribution is 5.72. The fourth-order valence-corrected chi connectivity index (χ4v) is 1.98. The maximum atomic E-state index is 10.7. The van der Waals surface area contributed by atoms with Gasteiger partial charge in [0.05, 0.1) is 5.69 Å². The van der Waals surface area contributed by atoms with Gasteiger partial charge in [-0.3, -0.25) is 4.79 Å². The summed E-state index contributed by atoms with van der Waals surface area (Å²) in [6, 6.07) is 3.80. The molecule has 0 amide bonds. The Morgan fingerprint density at radius 1 is 1.12 bits per heavy atom. The summed E-state index contributed by atoms with van der Waals surface area (Å²) in [5.74, 6) is 0. The molecule has 0 bridgehead atoms. The van der Waals surface area contributed by atoms with Crippen molar-refractivity contribution in [2.45, 2.75) is 58.4 Å². The average molecular weight is 221 g/mol. The second-order valence-electron chi connectivity index (χ2n) is 4.37. The van der Waals surface area contributed by atoms with Crippen LogP contribution in [0.15, 0.2) is 18.3 Å². The summed E-state index contributed by atoms with van der Waals surface area (Å²) in [6.07, 6.45) is 12.1. The van der Waals surface area contributed by atoms with Crippen LogP contribution in [0.3, 0.4) is 0 Å². The van der Waals surface area contributed by atoms with Gasteiger partial charge in [-0.25, -0.2) is 0 Å². The Hall–Kier alpha value is -1.05. The summed E-state index contributed by atoms with van der Waals surface area (Å²) < 4.78 is 2.04. The third-order valence-electron chi connectivity index (χ3n) is 2.99. The Kier molecular flexibility index (Phi) is 6.62. The fraction of sp³-hybridized carbons (Fsp3) is 0.643. The van der Waals surface area contributed by atoms with Crippen LogP contribution >= 0.6 is 0 Å². The zero-order chi connectivity index (χ0) is 11.6. The molecule has 1 aromatic heterocycles. The SMILES string of the molecule is CCCCCCCCCn1cccc1C=O. The second kappa shape index (κ2) is 8.14. The van der Waals surface area contributed by atoms with Crippen LogP contribution < -0.4 is 0 Å². The molecule has 0 fully saturated rings. The Balaban J connectivity index is 2.05. The van der Waals surface area contributed by atoms with Gasteiger partial charge in [-0.2, -0.15) is 0 Å². The summed E-state index contributed by atoms with van der Waals surface area (Å²) in [6.45, 7) is 3.22. The van der Waals surface area contributed by atoms with E-state index in [-0.39, 0.29) is 0 Å². The van der Waals surface area contributed by atoms with Gasteiger partial charge in [0.15, 0.2) is 6.29 Å². The molecule has 1 rings (SSSR count). The molecule has 0 aliphatic carbocycles. The molecule has 0 unspecified atom stereocenters. The van der Waals surface area contributed by atoms with E-state index in [0.717, 1.165) is 18.5 Å². The summed E-state index contributed by atoms with van der Waals surface area (Å²) in [7, 11) is 0. The molecule has 0 aliphatic heterocycles. The zero-order valence-corrected chi connectivity index (χ0v) is 10.3. The van der Waals surface area contributed by atoms with E-state index in [1.807, 2.05) is 22.9 Å². The predicted octanol–water partition coefficient (Wildman–Crippen LogP) is 4.05. The molecule has 0 aliphatic rings. The second-order valence-corrected chi connectivity index (χ2v) is 4.37. The lowest BCUT2D eigenvalue weighted by molar-refractivity contribution is 0.111. The van der Waals surface area contributed by atoms with Gasteiger partial charge in [-0.05, 0) is 18.6 Å². The number of hydrogen-bond acceptors (Lipinski definition) is 1.